The molecule has 0 saturated heterocycles. The molecular formula is C8H13N3OS. The van der Waals surface area contributed by atoms with Crippen LogP contribution in [0.4, 0.5) is 0 Å². The van der Waals surface area contributed by atoms with Gasteiger partial charge < -0.3 is 0 Å². The number of aromatic nitrogens is 3. The number of Topliss-reactive ketones (excluding diaryl/α,β-unsaturated/α-hetero) is 1. The molecule has 0 N–H and O–H groups in total. The molecule has 4 nitrogen and oxygen atoms in total. The van der Waals surface area contributed by atoms with Gasteiger partial charge >= 0.3 is 0 Å². The van der Waals surface area contributed by atoms with Gasteiger partial charge in [0.15, 0.2) is 0 Å². The molecule has 0 unspecified atom stereocenters. The standard InChI is InChI=1S/C8H13N3OS/c1-3-13-6-8(12)4-7-5-11(2)10-9-7/h5H,3-4,6H2,1-2H3. The minimum Gasteiger partial charge on any atom is -0.298 e. The predicted octanol–water partition coefficient (Wildman–Crippen LogP) is 0.680. The van der Waals surface area contributed by atoms with Gasteiger partial charge in [-0.15, -0.1) is 5.10 Å². The number of ketones is 1. The first-order chi connectivity index (χ1) is 6.22. The molecule has 1 rings (SSSR count). The van der Waals surface area contributed by atoms with Gasteiger partial charge in [-0.3, -0.25) is 9.48 Å². The summed E-state index contributed by atoms with van der Waals surface area (Å²) in [7, 11) is 1.79. The smallest absolute Gasteiger partial charge is 0.148 e. The summed E-state index contributed by atoms with van der Waals surface area (Å²) < 4.78 is 1.61. The largest absolute Gasteiger partial charge is 0.298 e. The van der Waals surface area contributed by atoms with Crippen molar-refractivity contribution in [2.75, 3.05) is 11.5 Å². The fourth-order valence-electron chi connectivity index (χ4n) is 0.945. The van der Waals surface area contributed by atoms with Gasteiger partial charge in [-0.25, -0.2) is 0 Å². The Hall–Kier alpha value is -0.840. The molecule has 0 aromatic carbocycles. The number of hydrogen-bond acceptors (Lipinski definition) is 4. The van der Waals surface area contributed by atoms with Crippen LogP contribution in [0.3, 0.4) is 0 Å². The zero-order chi connectivity index (χ0) is 9.68. The van der Waals surface area contributed by atoms with Crippen molar-refractivity contribution in [3.63, 3.8) is 0 Å². The first kappa shape index (κ1) is 10.2. The van der Waals surface area contributed by atoms with E-state index in [1.807, 2.05) is 6.92 Å². The number of carbonyl (C=O) groups is 1. The Morgan fingerprint density at radius 1 is 1.69 bits per heavy atom. The lowest BCUT2D eigenvalue weighted by molar-refractivity contribution is -0.116. The molecule has 5 heteroatoms. The van der Waals surface area contributed by atoms with Crippen molar-refractivity contribution in [3.05, 3.63) is 11.9 Å². The molecule has 0 amide bonds. The van der Waals surface area contributed by atoms with E-state index < -0.39 is 0 Å². The van der Waals surface area contributed by atoms with E-state index >= 15 is 0 Å². The molecule has 1 heterocycles. The highest BCUT2D eigenvalue weighted by atomic mass is 32.2. The second-order valence-corrected chi connectivity index (χ2v) is 4.01. The summed E-state index contributed by atoms with van der Waals surface area (Å²) in [6.45, 7) is 2.04. The molecule has 0 spiro atoms. The molecule has 0 fully saturated rings. The van der Waals surface area contributed by atoms with Crippen molar-refractivity contribution in [2.24, 2.45) is 7.05 Å². The van der Waals surface area contributed by atoms with Gasteiger partial charge in [0.2, 0.25) is 0 Å². The zero-order valence-corrected chi connectivity index (χ0v) is 8.67. The van der Waals surface area contributed by atoms with Crippen LogP contribution in [0.5, 0.6) is 0 Å². The highest BCUT2D eigenvalue weighted by molar-refractivity contribution is 7.99. The van der Waals surface area contributed by atoms with E-state index in [-0.39, 0.29) is 5.78 Å². The summed E-state index contributed by atoms with van der Waals surface area (Å²) in [5.74, 6) is 1.77. The van der Waals surface area contributed by atoms with E-state index in [0.29, 0.717) is 12.2 Å². The minimum absolute atomic E-state index is 0.215. The molecule has 0 saturated carbocycles. The Balaban J connectivity index is 2.36. The number of nitrogens with zero attached hydrogens (tertiary/aromatic N) is 3. The normalized spacial score (nSPS) is 10.3. The lowest BCUT2D eigenvalue weighted by Crippen LogP contribution is -2.06. The molecule has 1 aromatic heterocycles. The quantitative estimate of drug-likeness (QED) is 0.699. The molecule has 0 aliphatic rings. The van der Waals surface area contributed by atoms with Crippen molar-refractivity contribution in [3.8, 4) is 0 Å². The second kappa shape index (κ2) is 5.01. The molecule has 0 atom stereocenters. The SMILES string of the molecule is CCSCC(=O)Cc1cn(C)nn1. The first-order valence-corrected chi connectivity index (χ1v) is 5.32. The third kappa shape index (κ3) is 3.59. The van der Waals surface area contributed by atoms with Crippen LogP contribution >= 0.6 is 11.8 Å². The van der Waals surface area contributed by atoms with Gasteiger partial charge in [0.1, 0.15) is 5.78 Å². The van der Waals surface area contributed by atoms with Crippen molar-refractivity contribution in [1.82, 2.24) is 15.0 Å². The van der Waals surface area contributed by atoms with E-state index in [1.54, 1.807) is 29.7 Å². The maximum atomic E-state index is 11.3. The Bertz CT molecular complexity index is 285. The van der Waals surface area contributed by atoms with Crippen molar-refractivity contribution >= 4 is 17.5 Å². The van der Waals surface area contributed by atoms with Crippen LogP contribution in [-0.2, 0) is 18.3 Å². The molecule has 0 bridgehead atoms. The van der Waals surface area contributed by atoms with Crippen LogP contribution < -0.4 is 0 Å². The van der Waals surface area contributed by atoms with Crippen molar-refractivity contribution < 1.29 is 4.79 Å². The molecule has 0 radical (unpaired) electrons. The first-order valence-electron chi connectivity index (χ1n) is 4.17. The van der Waals surface area contributed by atoms with Crippen LogP contribution in [0.1, 0.15) is 12.6 Å². The van der Waals surface area contributed by atoms with Gasteiger partial charge in [-0.1, -0.05) is 12.1 Å². The summed E-state index contributed by atoms with van der Waals surface area (Å²) in [6.07, 6.45) is 2.18. The average Bonchev–Trinajstić information content (AvgIpc) is 2.48. The number of hydrogen-bond donors (Lipinski definition) is 0. The fraction of sp³-hybridized carbons (Fsp3) is 0.625. The van der Waals surface area contributed by atoms with Crippen molar-refractivity contribution in [1.29, 1.82) is 0 Å². The molecule has 0 aliphatic carbocycles. The Morgan fingerprint density at radius 3 is 3.00 bits per heavy atom. The van der Waals surface area contributed by atoms with E-state index in [0.717, 1.165) is 11.4 Å². The Labute approximate surface area is 81.7 Å². The Kier molecular flexibility index (Phi) is 3.95. The van der Waals surface area contributed by atoms with Gasteiger partial charge in [-0.2, -0.15) is 11.8 Å². The van der Waals surface area contributed by atoms with Gasteiger partial charge in [0, 0.05) is 13.2 Å². The van der Waals surface area contributed by atoms with E-state index in [2.05, 4.69) is 10.3 Å². The summed E-state index contributed by atoms with van der Waals surface area (Å²) >= 11 is 1.64. The predicted molar refractivity (Wildman–Crippen MR) is 52.7 cm³/mol. The van der Waals surface area contributed by atoms with Crippen LogP contribution in [0, 0.1) is 0 Å². The van der Waals surface area contributed by atoms with E-state index in [1.165, 1.54) is 0 Å². The summed E-state index contributed by atoms with van der Waals surface area (Å²) in [5.41, 5.74) is 0.754. The maximum absolute atomic E-state index is 11.3. The van der Waals surface area contributed by atoms with Gasteiger partial charge in [-0.05, 0) is 5.75 Å². The fourth-order valence-corrected chi connectivity index (χ4v) is 1.48. The maximum Gasteiger partial charge on any atom is 0.148 e. The van der Waals surface area contributed by atoms with E-state index in [4.69, 9.17) is 0 Å². The molecule has 72 valence electrons. The number of carbonyl (C=O) groups excluding carboxylic acids is 1. The number of rotatable bonds is 5. The summed E-state index contributed by atoms with van der Waals surface area (Å²) in [6, 6.07) is 0. The third-order valence-electron chi connectivity index (χ3n) is 1.50. The molecule has 0 aliphatic heterocycles. The van der Waals surface area contributed by atoms with Gasteiger partial charge in [0.25, 0.3) is 0 Å². The molecular weight excluding hydrogens is 186 g/mol. The molecule has 13 heavy (non-hydrogen) atoms. The van der Waals surface area contributed by atoms with Crippen LogP contribution in [-0.4, -0.2) is 32.3 Å². The number of thioether (sulfide) groups is 1. The monoisotopic (exact) mass is 199 g/mol. The van der Waals surface area contributed by atoms with Crippen LogP contribution in [0.25, 0.3) is 0 Å². The lowest BCUT2D eigenvalue weighted by atomic mass is 10.2. The minimum atomic E-state index is 0.215. The van der Waals surface area contributed by atoms with Crippen molar-refractivity contribution in [2.45, 2.75) is 13.3 Å². The van der Waals surface area contributed by atoms with Crippen LogP contribution in [0.15, 0.2) is 6.20 Å². The van der Waals surface area contributed by atoms with E-state index in [9.17, 15) is 4.79 Å². The summed E-state index contributed by atoms with van der Waals surface area (Å²) in [4.78, 5) is 11.3. The topological polar surface area (TPSA) is 47.8 Å². The van der Waals surface area contributed by atoms with Gasteiger partial charge in [0.05, 0.1) is 17.9 Å². The highest BCUT2D eigenvalue weighted by Gasteiger charge is 2.05. The lowest BCUT2D eigenvalue weighted by Gasteiger charge is -1.94. The van der Waals surface area contributed by atoms with Crippen LogP contribution in [0.2, 0.25) is 0 Å². The zero-order valence-electron chi connectivity index (χ0n) is 7.86. The summed E-state index contributed by atoms with van der Waals surface area (Å²) in [5, 5.41) is 7.60. The molecule has 1 aromatic rings. The highest BCUT2D eigenvalue weighted by Crippen LogP contribution is 2.02. The average molecular weight is 199 g/mol. The number of aryl methyl sites for hydroxylation is 1. The Morgan fingerprint density at radius 2 is 2.46 bits per heavy atom. The third-order valence-corrected chi connectivity index (χ3v) is 2.43. The second-order valence-electron chi connectivity index (χ2n) is 2.74.